The number of carbonyl (C=O) groups is 1. The Kier molecular flexibility index (Phi) is 7.18. The van der Waals surface area contributed by atoms with E-state index >= 15 is 0 Å². The van der Waals surface area contributed by atoms with Gasteiger partial charge in [0.1, 0.15) is 17.5 Å². The Morgan fingerprint density at radius 3 is 2.67 bits per heavy atom. The second-order valence-corrected chi connectivity index (χ2v) is 10.3. The summed E-state index contributed by atoms with van der Waals surface area (Å²) >= 11 is 6.54. The number of aliphatic hydroxyl groups is 1. The second kappa shape index (κ2) is 10.1. The summed E-state index contributed by atoms with van der Waals surface area (Å²) in [6.07, 6.45) is 1.52. The molecule has 2 aliphatic rings. The van der Waals surface area contributed by atoms with Crippen molar-refractivity contribution in [3.8, 4) is 0 Å². The zero-order chi connectivity index (χ0) is 23.5. The Labute approximate surface area is 200 Å². The van der Waals surface area contributed by atoms with Crippen LogP contribution in [-0.4, -0.2) is 70.4 Å². The first-order valence-corrected chi connectivity index (χ1v) is 12.4. The smallest absolute Gasteiger partial charge is 0.255 e. The number of nitrogens with two attached hydrogens (primary N) is 1. The first-order valence-electron chi connectivity index (χ1n) is 10.7. The molecule has 0 spiro atoms. The number of aromatic nitrogens is 2. The van der Waals surface area contributed by atoms with E-state index in [1.807, 2.05) is 38.1 Å². The van der Waals surface area contributed by atoms with Crippen molar-refractivity contribution in [1.82, 2.24) is 14.9 Å². The molecule has 1 aromatic heterocycles. The van der Waals surface area contributed by atoms with E-state index < -0.39 is 16.8 Å². The highest BCUT2D eigenvalue weighted by Crippen LogP contribution is 2.52. The Bertz CT molecular complexity index is 1100. The number of piperazine rings is 1. The third kappa shape index (κ3) is 5.14. The number of rotatable bonds is 6. The van der Waals surface area contributed by atoms with Crippen LogP contribution in [-0.2, 0) is 4.79 Å². The molecule has 1 aromatic carbocycles. The number of amidine groups is 1. The van der Waals surface area contributed by atoms with Gasteiger partial charge in [-0.2, -0.15) is 0 Å². The van der Waals surface area contributed by atoms with Gasteiger partial charge in [0.25, 0.3) is 5.91 Å². The van der Waals surface area contributed by atoms with Gasteiger partial charge >= 0.3 is 0 Å². The number of hydrogen-bond acceptors (Lipinski definition) is 8. The van der Waals surface area contributed by atoms with Crippen molar-refractivity contribution >= 4 is 45.2 Å². The van der Waals surface area contributed by atoms with Crippen molar-refractivity contribution in [1.29, 1.82) is 0 Å². The minimum Gasteiger partial charge on any atom is -0.395 e. The molecule has 9 nitrogen and oxygen atoms in total. The van der Waals surface area contributed by atoms with Gasteiger partial charge in [0, 0.05) is 49.9 Å². The molecule has 1 fully saturated rings. The minimum atomic E-state index is -1.33. The lowest BCUT2D eigenvalue weighted by atomic mass is 10.2. The molecule has 1 saturated heterocycles. The van der Waals surface area contributed by atoms with Gasteiger partial charge in [0.15, 0.2) is 5.17 Å². The highest BCUT2D eigenvalue weighted by molar-refractivity contribution is 8.34. The van der Waals surface area contributed by atoms with Crippen LogP contribution in [0, 0.1) is 13.8 Å². The van der Waals surface area contributed by atoms with Crippen molar-refractivity contribution in [2.45, 2.75) is 18.7 Å². The lowest BCUT2D eigenvalue weighted by Crippen LogP contribution is -2.47. The van der Waals surface area contributed by atoms with Gasteiger partial charge in [-0.1, -0.05) is 23.7 Å². The Morgan fingerprint density at radius 2 is 2.00 bits per heavy atom. The number of aliphatic hydroxyl groups excluding tert-OH is 1. The summed E-state index contributed by atoms with van der Waals surface area (Å²) < 4.78 is 0. The molecule has 1 atom stereocenters. The number of anilines is 2. The van der Waals surface area contributed by atoms with E-state index in [1.165, 1.54) is 6.20 Å². The van der Waals surface area contributed by atoms with Crippen LogP contribution in [0.5, 0.6) is 0 Å². The Hall–Kier alpha value is -2.66. The summed E-state index contributed by atoms with van der Waals surface area (Å²) in [5, 5.41) is 13.7. The van der Waals surface area contributed by atoms with Gasteiger partial charge in [-0.25, -0.2) is 15.0 Å². The molecule has 2 aromatic rings. The highest BCUT2D eigenvalue weighted by Gasteiger charge is 2.30. The number of halogens is 1. The molecule has 33 heavy (non-hydrogen) atoms. The average Bonchev–Trinajstić information content (AvgIpc) is 3.17. The van der Waals surface area contributed by atoms with Crippen LogP contribution in [0.15, 0.2) is 45.3 Å². The topological polar surface area (TPSA) is 120 Å². The van der Waals surface area contributed by atoms with E-state index in [1.54, 1.807) is 0 Å². The monoisotopic (exact) mass is 489 g/mol. The first-order chi connectivity index (χ1) is 15.9. The fraction of sp³-hybridized carbons (Fsp3) is 0.364. The van der Waals surface area contributed by atoms with Crippen LogP contribution in [0.25, 0.3) is 0 Å². The van der Waals surface area contributed by atoms with Crippen molar-refractivity contribution in [2.75, 3.05) is 49.5 Å². The number of nitrogens with zero attached hydrogens (tertiary/aromatic N) is 5. The van der Waals surface area contributed by atoms with Crippen LogP contribution >= 0.6 is 22.5 Å². The maximum atomic E-state index is 12.2. The minimum absolute atomic E-state index is 0.165. The number of amides is 1. The number of benzene rings is 1. The molecule has 3 heterocycles. The number of primary amides is 1. The van der Waals surface area contributed by atoms with Crippen LogP contribution < -0.4 is 16.0 Å². The van der Waals surface area contributed by atoms with Gasteiger partial charge in [0.2, 0.25) is 0 Å². The van der Waals surface area contributed by atoms with Crippen molar-refractivity contribution in [2.24, 2.45) is 10.7 Å². The SMILES string of the molecule is Cc1nc(NC2=NC=C(C(N)=O)[SH]2c2c(C)cccc2Cl)cc(N2CCN(CCO)CC2)n1. The largest absolute Gasteiger partial charge is 0.395 e. The number of aliphatic imine (C=N–C) groups is 1. The maximum absolute atomic E-state index is 12.2. The quantitative estimate of drug-likeness (QED) is 0.458. The molecule has 0 saturated carbocycles. The predicted molar refractivity (Wildman–Crippen MR) is 134 cm³/mol. The molecule has 1 unspecified atom stereocenters. The summed E-state index contributed by atoms with van der Waals surface area (Å²) in [6, 6.07) is 7.54. The standard InChI is InChI=1S/C22H28ClN7O2S/c1-14-4-3-5-16(23)20(14)33-17(21(24)32)13-25-22(33)28-18-12-19(27-15(2)26-18)30-8-6-29(7-9-30)10-11-31/h3-5,12-13,31,33H,6-11H2,1-2H3,(H2,24,32)(H,25,26,27,28). The molecule has 2 aliphatic heterocycles. The summed E-state index contributed by atoms with van der Waals surface area (Å²) in [7, 11) is -1.33. The summed E-state index contributed by atoms with van der Waals surface area (Å²) in [6.45, 7) is 8.01. The van der Waals surface area contributed by atoms with E-state index in [2.05, 4.69) is 30.1 Å². The molecule has 0 aliphatic carbocycles. The zero-order valence-electron chi connectivity index (χ0n) is 18.6. The zero-order valence-corrected chi connectivity index (χ0v) is 20.3. The van der Waals surface area contributed by atoms with Crippen LogP contribution in [0.2, 0.25) is 5.02 Å². The third-order valence-electron chi connectivity index (χ3n) is 5.60. The number of hydrogen-bond donors (Lipinski definition) is 4. The lowest BCUT2D eigenvalue weighted by Gasteiger charge is -2.35. The summed E-state index contributed by atoms with van der Waals surface area (Å²) in [5.74, 6) is 1.55. The fourth-order valence-corrected chi connectivity index (χ4v) is 6.65. The number of nitrogens with one attached hydrogen (secondary N) is 1. The predicted octanol–water partition coefficient (Wildman–Crippen LogP) is 2.03. The molecule has 0 radical (unpaired) electrons. The van der Waals surface area contributed by atoms with Gasteiger partial charge in [-0.3, -0.25) is 9.69 Å². The van der Waals surface area contributed by atoms with E-state index in [9.17, 15) is 4.79 Å². The maximum Gasteiger partial charge on any atom is 0.255 e. The second-order valence-electron chi connectivity index (χ2n) is 7.91. The summed E-state index contributed by atoms with van der Waals surface area (Å²) in [5.41, 5.74) is 6.64. The molecule has 4 N–H and O–H groups in total. The number of carbonyl (C=O) groups excluding carboxylic acids is 1. The van der Waals surface area contributed by atoms with Gasteiger partial charge < -0.3 is 21.1 Å². The lowest BCUT2D eigenvalue weighted by molar-refractivity contribution is -0.113. The van der Waals surface area contributed by atoms with E-state index in [0.29, 0.717) is 33.3 Å². The Balaban J connectivity index is 1.59. The average molecular weight is 490 g/mol. The third-order valence-corrected chi connectivity index (χ3v) is 8.56. The number of β-amino-alcohol motifs (C(OH)–C–C–N with tert-alkyl or cyclic N) is 1. The normalized spacial score (nSPS) is 19.9. The van der Waals surface area contributed by atoms with Crippen molar-refractivity contribution in [3.63, 3.8) is 0 Å². The van der Waals surface area contributed by atoms with E-state index in [-0.39, 0.29) is 6.61 Å². The van der Waals surface area contributed by atoms with Crippen molar-refractivity contribution < 1.29 is 9.90 Å². The van der Waals surface area contributed by atoms with Crippen LogP contribution in [0.3, 0.4) is 0 Å². The van der Waals surface area contributed by atoms with Gasteiger partial charge in [0.05, 0.1) is 16.5 Å². The first kappa shape index (κ1) is 23.5. The van der Waals surface area contributed by atoms with Crippen LogP contribution in [0.1, 0.15) is 11.4 Å². The van der Waals surface area contributed by atoms with Gasteiger partial charge in [-0.05, 0) is 25.5 Å². The molecule has 176 valence electrons. The molecule has 1 amide bonds. The van der Waals surface area contributed by atoms with Crippen molar-refractivity contribution in [3.05, 3.63) is 51.8 Å². The van der Waals surface area contributed by atoms with E-state index in [4.69, 9.17) is 22.4 Å². The molecular formula is C22H28ClN7O2S. The molecule has 4 rings (SSSR count). The number of aryl methyl sites for hydroxylation is 2. The fourth-order valence-electron chi connectivity index (χ4n) is 3.98. The highest BCUT2D eigenvalue weighted by atomic mass is 35.5. The molecule has 11 heteroatoms. The summed E-state index contributed by atoms with van der Waals surface area (Å²) in [4.78, 5) is 31.5. The van der Waals surface area contributed by atoms with Gasteiger partial charge in [-0.15, -0.1) is 10.9 Å². The van der Waals surface area contributed by atoms with Crippen LogP contribution in [0.4, 0.5) is 11.6 Å². The number of thiol groups is 1. The Morgan fingerprint density at radius 1 is 1.24 bits per heavy atom. The molecular weight excluding hydrogens is 462 g/mol. The van der Waals surface area contributed by atoms with E-state index in [0.717, 1.165) is 42.5 Å². The molecule has 0 bridgehead atoms.